The number of ether oxygens (including phenoxy) is 2. The van der Waals surface area contributed by atoms with Gasteiger partial charge in [0.1, 0.15) is 12.4 Å². The Bertz CT molecular complexity index is 541. The maximum Gasteiger partial charge on any atom is 0.128 e. The molecule has 0 saturated heterocycles. The summed E-state index contributed by atoms with van der Waals surface area (Å²) in [7, 11) is 0. The van der Waals surface area contributed by atoms with E-state index in [0.717, 1.165) is 28.8 Å². The Balaban J connectivity index is 1.99. The van der Waals surface area contributed by atoms with Crippen molar-refractivity contribution in [2.45, 2.75) is 13.8 Å². The van der Waals surface area contributed by atoms with Crippen molar-refractivity contribution in [2.75, 3.05) is 25.6 Å². The number of benzene rings is 1. The van der Waals surface area contributed by atoms with E-state index in [-0.39, 0.29) is 0 Å². The lowest BCUT2D eigenvalue weighted by Gasteiger charge is -2.11. The van der Waals surface area contributed by atoms with Crippen LogP contribution in [-0.2, 0) is 4.74 Å². The van der Waals surface area contributed by atoms with Gasteiger partial charge in [0.2, 0.25) is 0 Å². The van der Waals surface area contributed by atoms with Crippen LogP contribution in [0.15, 0.2) is 30.6 Å². The molecule has 0 spiro atoms. The molecule has 2 N–H and O–H groups in total. The van der Waals surface area contributed by atoms with Crippen molar-refractivity contribution in [3.63, 3.8) is 0 Å². The first-order valence-electron chi connectivity index (χ1n) is 6.51. The van der Waals surface area contributed by atoms with Crippen molar-refractivity contribution < 1.29 is 9.47 Å². The molecule has 1 heterocycles. The second kappa shape index (κ2) is 6.38. The smallest absolute Gasteiger partial charge is 0.128 e. The van der Waals surface area contributed by atoms with Crippen LogP contribution in [-0.4, -0.2) is 24.8 Å². The van der Waals surface area contributed by atoms with Gasteiger partial charge in [-0.1, -0.05) is 13.8 Å². The third kappa shape index (κ3) is 3.58. The molecule has 4 heteroatoms. The fourth-order valence-electron chi connectivity index (χ4n) is 1.84. The van der Waals surface area contributed by atoms with Crippen LogP contribution in [0.1, 0.15) is 13.8 Å². The fourth-order valence-corrected chi connectivity index (χ4v) is 1.84. The molecule has 2 rings (SSSR count). The number of hydrogen-bond acceptors (Lipinski definition) is 4. The molecular weight excluding hydrogens is 240 g/mol. The first-order valence-corrected chi connectivity index (χ1v) is 6.51. The summed E-state index contributed by atoms with van der Waals surface area (Å²) in [6.07, 6.45) is 3.50. The van der Waals surface area contributed by atoms with Gasteiger partial charge in [-0.15, -0.1) is 0 Å². The molecule has 0 fully saturated rings. The largest absolute Gasteiger partial charge is 0.490 e. The van der Waals surface area contributed by atoms with Crippen LogP contribution < -0.4 is 10.5 Å². The lowest BCUT2D eigenvalue weighted by atomic mass is 10.1. The van der Waals surface area contributed by atoms with Gasteiger partial charge < -0.3 is 15.2 Å². The number of aromatic nitrogens is 1. The van der Waals surface area contributed by atoms with E-state index in [1.165, 1.54) is 0 Å². The van der Waals surface area contributed by atoms with Gasteiger partial charge in [0.15, 0.2) is 0 Å². The molecule has 0 aliphatic heterocycles. The van der Waals surface area contributed by atoms with Crippen molar-refractivity contribution in [3.05, 3.63) is 30.6 Å². The normalized spacial score (nSPS) is 11.1. The number of nitrogen functional groups attached to an aromatic ring is 1. The van der Waals surface area contributed by atoms with Gasteiger partial charge in [-0.05, 0) is 24.1 Å². The van der Waals surface area contributed by atoms with Crippen LogP contribution in [0.25, 0.3) is 10.8 Å². The van der Waals surface area contributed by atoms with Crippen molar-refractivity contribution >= 4 is 16.5 Å². The monoisotopic (exact) mass is 260 g/mol. The molecule has 0 aliphatic rings. The van der Waals surface area contributed by atoms with Crippen LogP contribution in [0.4, 0.5) is 5.69 Å². The second-order valence-corrected chi connectivity index (χ2v) is 4.89. The van der Waals surface area contributed by atoms with Crippen molar-refractivity contribution in [3.8, 4) is 5.75 Å². The van der Waals surface area contributed by atoms with Gasteiger partial charge >= 0.3 is 0 Å². The fraction of sp³-hybridized carbons (Fsp3) is 0.400. The third-order valence-corrected chi connectivity index (χ3v) is 2.75. The van der Waals surface area contributed by atoms with E-state index >= 15 is 0 Å². The number of fused-ring (bicyclic) bond motifs is 1. The summed E-state index contributed by atoms with van der Waals surface area (Å²) in [4.78, 5) is 4.12. The van der Waals surface area contributed by atoms with E-state index in [4.69, 9.17) is 15.2 Å². The number of pyridine rings is 1. The van der Waals surface area contributed by atoms with Gasteiger partial charge in [0, 0.05) is 35.5 Å². The van der Waals surface area contributed by atoms with Gasteiger partial charge in [0.25, 0.3) is 0 Å². The zero-order chi connectivity index (χ0) is 13.7. The number of nitrogens with zero attached hydrogens (tertiary/aromatic N) is 1. The van der Waals surface area contributed by atoms with E-state index in [9.17, 15) is 0 Å². The van der Waals surface area contributed by atoms with Gasteiger partial charge in [-0.2, -0.15) is 0 Å². The first kappa shape index (κ1) is 13.6. The minimum absolute atomic E-state index is 0.528. The SMILES string of the molecule is CC(C)COCCOc1ccc(N)c2ccncc12. The quantitative estimate of drug-likeness (QED) is 0.641. The summed E-state index contributed by atoms with van der Waals surface area (Å²) in [6.45, 7) is 6.12. The number of anilines is 1. The molecule has 1 aromatic heterocycles. The first-order chi connectivity index (χ1) is 9.18. The maximum absolute atomic E-state index is 5.93. The van der Waals surface area contributed by atoms with Gasteiger partial charge in [-0.3, -0.25) is 4.98 Å². The van der Waals surface area contributed by atoms with Crippen molar-refractivity contribution in [2.24, 2.45) is 5.92 Å². The summed E-state index contributed by atoms with van der Waals surface area (Å²) < 4.78 is 11.2. The van der Waals surface area contributed by atoms with E-state index in [1.54, 1.807) is 12.4 Å². The molecule has 19 heavy (non-hydrogen) atoms. The Labute approximate surface area is 113 Å². The van der Waals surface area contributed by atoms with E-state index in [2.05, 4.69) is 18.8 Å². The predicted octanol–water partition coefficient (Wildman–Crippen LogP) is 2.87. The highest BCUT2D eigenvalue weighted by Crippen LogP contribution is 2.29. The zero-order valence-electron chi connectivity index (χ0n) is 11.4. The van der Waals surface area contributed by atoms with Crippen LogP contribution in [0.5, 0.6) is 5.75 Å². The average molecular weight is 260 g/mol. The maximum atomic E-state index is 5.93. The summed E-state index contributed by atoms with van der Waals surface area (Å²) in [6, 6.07) is 5.63. The molecule has 2 aromatic rings. The number of hydrogen-bond donors (Lipinski definition) is 1. The molecule has 0 saturated carbocycles. The lowest BCUT2D eigenvalue weighted by Crippen LogP contribution is -2.10. The molecule has 0 atom stereocenters. The van der Waals surface area contributed by atoms with Crippen LogP contribution >= 0.6 is 0 Å². The molecule has 0 unspecified atom stereocenters. The van der Waals surface area contributed by atoms with E-state index < -0.39 is 0 Å². The topological polar surface area (TPSA) is 57.4 Å². The Hall–Kier alpha value is -1.81. The van der Waals surface area contributed by atoms with Gasteiger partial charge in [-0.25, -0.2) is 0 Å². The van der Waals surface area contributed by atoms with Crippen LogP contribution in [0, 0.1) is 5.92 Å². The molecule has 0 amide bonds. The molecule has 0 radical (unpaired) electrons. The predicted molar refractivity (Wildman–Crippen MR) is 77.3 cm³/mol. The standard InChI is InChI=1S/C15H20N2O2/c1-11(2)10-18-7-8-19-15-4-3-14(16)12-5-6-17-9-13(12)15/h3-6,9,11H,7-8,10,16H2,1-2H3. The second-order valence-electron chi connectivity index (χ2n) is 4.89. The summed E-state index contributed by atoms with van der Waals surface area (Å²) in [5.74, 6) is 1.34. The molecule has 102 valence electrons. The van der Waals surface area contributed by atoms with Crippen molar-refractivity contribution in [1.82, 2.24) is 4.98 Å². The molecule has 0 bridgehead atoms. The van der Waals surface area contributed by atoms with E-state index in [1.807, 2.05) is 18.2 Å². The summed E-state index contributed by atoms with van der Waals surface area (Å²) in [5, 5.41) is 1.90. The Morgan fingerprint density at radius 1 is 1.16 bits per heavy atom. The highest BCUT2D eigenvalue weighted by molar-refractivity contribution is 5.96. The minimum atomic E-state index is 0.528. The van der Waals surface area contributed by atoms with Crippen LogP contribution in [0.3, 0.4) is 0 Å². The minimum Gasteiger partial charge on any atom is -0.490 e. The summed E-state index contributed by atoms with van der Waals surface area (Å²) >= 11 is 0. The van der Waals surface area contributed by atoms with Crippen LogP contribution in [0.2, 0.25) is 0 Å². The lowest BCUT2D eigenvalue weighted by molar-refractivity contribution is 0.0823. The highest BCUT2D eigenvalue weighted by atomic mass is 16.5. The van der Waals surface area contributed by atoms with Gasteiger partial charge in [0.05, 0.1) is 6.61 Å². The summed E-state index contributed by atoms with van der Waals surface area (Å²) in [5.41, 5.74) is 6.66. The molecule has 4 nitrogen and oxygen atoms in total. The zero-order valence-corrected chi connectivity index (χ0v) is 11.4. The number of rotatable bonds is 6. The number of nitrogens with two attached hydrogens (primary N) is 1. The van der Waals surface area contributed by atoms with Crippen molar-refractivity contribution in [1.29, 1.82) is 0 Å². The Morgan fingerprint density at radius 2 is 2.00 bits per heavy atom. The Morgan fingerprint density at radius 3 is 2.79 bits per heavy atom. The highest BCUT2D eigenvalue weighted by Gasteiger charge is 2.05. The average Bonchev–Trinajstić information content (AvgIpc) is 2.41. The molecular formula is C15H20N2O2. The third-order valence-electron chi connectivity index (χ3n) is 2.75. The molecule has 1 aromatic carbocycles. The Kier molecular flexibility index (Phi) is 4.58. The van der Waals surface area contributed by atoms with E-state index in [0.29, 0.717) is 19.1 Å². The molecule has 0 aliphatic carbocycles.